The van der Waals surface area contributed by atoms with Gasteiger partial charge in [-0.3, -0.25) is 9.78 Å². The SMILES string of the molecule is Cc1cncc(C(=O)N(C)C(C)CCN)c1. The molecule has 0 fully saturated rings. The molecular formula is C12H19N3O. The maximum Gasteiger partial charge on any atom is 0.255 e. The molecule has 0 spiro atoms. The van der Waals surface area contributed by atoms with Gasteiger partial charge < -0.3 is 10.6 Å². The zero-order valence-corrected chi connectivity index (χ0v) is 10.1. The second-order valence-electron chi connectivity index (χ2n) is 4.09. The van der Waals surface area contributed by atoms with E-state index in [1.54, 1.807) is 24.3 Å². The Morgan fingerprint density at radius 2 is 2.25 bits per heavy atom. The van der Waals surface area contributed by atoms with Crippen molar-refractivity contribution in [1.29, 1.82) is 0 Å². The fraction of sp³-hybridized carbons (Fsp3) is 0.500. The van der Waals surface area contributed by atoms with Crippen LogP contribution in [0.5, 0.6) is 0 Å². The van der Waals surface area contributed by atoms with Gasteiger partial charge in [0.25, 0.3) is 5.91 Å². The molecule has 0 aromatic carbocycles. The van der Waals surface area contributed by atoms with Crippen molar-refractivity contribution in [3.8, 4) is 0 Å². The van der Waals surface area contributed by atoms with Gasteiger partial charge >= 0.3 is 0 Å². The lowest BCUT2D eigenvalue weighted by Crippen LogP contribution is -2.36. The maximum atomic E-state index is 12.1. The van der Waals surface area contributed by atoms with Crippen LogP contribution in [0, 0.1) is 6.92 Å². The molecule has 0 saturated heterocycles. The molecule has 1 heterocycles. The molecule has 1 aromatic heterocycles. The van der Waals surface area contributed by atoms with Gasteiger partial charge in [-0.2, -0.15) is 0 Å². The predicted molar refractivity (Wildman–Crippen MR) is 64.2 cm³/mol. The van der Waals surface area contributed by atoms with Gasteiger partial charge in [-0.05, 0) is 38.4 Å². The number of carbonyl (C=O) groups excluding carboxylic acids is 1. The lowest BCUT2D eigenvalue weighted by Gasteiger charge is -2.24. The van der Waals surface area contributed by atoms with Crippen LogP contribution in [0.4, 0.5) is 0 Å². The van der Waals surface area contributed by atoms with Gasteiger partial charge in [-0.15, -0.1) is 0 Å². The number of hydrogen-bond donors (Lipinski definition) is 1. The highest BCUT2D eigenvalue weighted by molar-refractivity contribution is 5.94. The van der Waals surface area contributed by atoms with Crippen LogP contribution in [0.2, 0.25) is 0 Å². The molecule has 1 aromatic rings. The molecule has 1 atom stereocenters. The first-order valence-corrected chi connectivity index (χ1v) is 5.45. The normalized spacial score (nSPS) is 12.2. The molecule has 0 bridgehead atoms. The van der Waals surface area contributed by atoms with E-state index in [1.165, 1.54) is 0 Å². The average molecular weight is 221 g/mol. The van der Waals surface area contributed by atoms with Crippen LogP contribution < -0.4 is 5.73 Å². The Bertz CT molecular complexity index is 365. The van der Waals surface area contributed by atoms with Crippen molar-refractivity contribution < 1.29 is 4.79 Å². The highest BCUT2D eigenvalue weighted by Gasteiger charge is 2.16. The number of pyridine rings is 1. The first-order chi connectivity index (χ1) is 7.56. The standard InChI is InChI=1S/C12H19N3O/c1-9-6-11(8-14-7-9)12(16)15(3)10(2)4-5-13/h6-8,10H,4-5,13H2,1-3H3. The summed E-state index contributed by atoms with van der Waals surface area (Å²) in [5.74, 6) is -0.00264. The molecule has 1 amide bonds. The number of nitrogens with two attached hydrogens (primary N) is 1. The van der Waals surface area contributed by atoms with E-state index < -0.39 is 0 Å². The number of aryl methyl sites for hydroxylation is 1. The van der Waals surface area contributed by atoms with E-state index in [2.05, 4.69) is 4.98 Å². The van der Waals surface area contributed by atoms with Gasteiger partial charge in [0.2, 0.25) is 0 Å². The fourth-order valence-electron chi connectivity index (χ4n) is 1.51. The van der Waals surface area contributed by atoms with Gasteiger partial charge in [-0.25, -0.2) is 0 Å². The molecule has 0 aliphatic heterocycles. The highest BCUT2D eigenvalue weighted by Crippen LogP contribution is 2.08. The average Bonchev–Trinajstić information content (AvgIpc) is 2.27. The Morgan fingerprint density at radius 3 is 2.81 bits per heavy atom. The Kier molecular flexibility index (Phi) is 4.43. The summed E-state index contributed by atoms with van der Waals surface area (Å²) in [5, 5.41) is 0. The largest absolute Gasteiger partial charge is 0.339 e. The Hall–Kier alpha value is -1.42. The summed E-state index contributed by atoms with van der Waals surface area (Å²) in [5.41, 5.74) is 7.10. The zero-order chi connectivity index (χ0) is 12.1. The lowest BCUT2D eigenvalue weighted by molar-refractivity contribution is 0.0738. The molecule has 4 nitrogen and oxygen atoms in total. The Balaban J connectivity index is 2.77. The molecule has 0 aliphatic carbocycles. The van der Waals surface area contributed by atoms with E-state index in [4.69, 9.17) is 5.73 Å². The minimum Gasteiger partial charge on any atom is -0.339 e. The number of aromatic nitrogens is 1. The third-order valence-electron chi connectivity index (χ3n) is 2.69. The molecule has 0 saturated carbocycles. The van der Waals surface area contributed by atoms with Gasteiger partial charge in [0.1, 0.15) is 0 Å². The zero-order valence-electron chi connectivity index (χ0n) is 10.1. The van der Waals surface area contributed by atoms with E-state index in [-0.39, 0.29) is 11.9 Å². The number of amides is 1. The summed E-state index contributed by atoms with van der Waals surface area (Å²) in [6, 6.07) is 2.00. The van der Waals surface area contributed by atoms with Gasteiger partial charge in [0.15, 0.2) is 0 Å². The molecular weight excluding hydrogens is 202 g/mol. The van der Waals surface area contributed by atoms with Crippen LogP contribution in [0.15, 0.2) is 18.5 Å². The number of carbonyl (C=O) groups is 1. The molecule has 2 N–H and O–H groups in total. The minimum absolute atomic E-state index is 0.00264. The van der Waals surface area contributed by atoms with Crippen molar-refractivity contribution >= 4 is 5.91 Å². The Labute approximate surface area is 96.5 Å². The van der Waals surface area contributed by atoms with Gasteiger partial charge in [0, 0.05) is 25.5 Å². The third-order valence-corrected chi connectivity index (χ3v) is 2.69. The molecule has 0 radical (unpaired) electrons. The topological polar surface area (TPSA) is 59.2 Å². The van der Waals surface area contributed by atoms with Crippen molar-refractivity contribution in [2.24, 2.45) is 5.73 Å². The number of hydrogen-bond acceptors (Lipinski definition) is 3. The van der Waals surface area contributed by atoms with Crippen LogP contribution in [0.1, 0.15) is 29.3 Å². The highest BCUT2D eigenvalue weighted by atomic mass is 16.2. The summed E-state index contributed by atoms with van der Waals surface area (Å²) in [4.78, 5) is 17.8. The minimum atomic E-state index is -0.00264. The van der Waals surface area contributed by atoms with E-state index in [0.29, 0.717) is 12.1 Å². The lowest BCUT2D eigenvalue weighted by atomic mass is 10.1. The monoisotopic (exact) mass is 221 g/mol. The second kappa shape index (κ2) is 5.61. The van der Waals surface area contributed by atoms with E-state index >= 15 is 0 Å². The summed E-state index contributed by atoms with van der Waals surface area (Å²) in [6.45, 7) is 4.51. The molecule has 16 heavy (non-hydrogen) atoms. The molecule has 0 aliphatic rings. The molecule has 1 rings (SSSR count). The summed E-state index contributed by atoms with van der Waals surface area (Å²) in [7, 11) is 1.80. The van der Waals surface area contributed by atoms with Crippen molar-refractivity contribution in [3.05, 3.63) is 29.6 Å². The summed E-state index contributed by atoms with van der Waals surface area (Å²) in [6.07, 6.45) is 4.14. The summed E-state index contributed by atoms with van der Waals surface area (Å²) < 4.78 is 0. The van der Waals surface area contributed by atoms with Crippen molar-refractivity contribution in [1.82, 2.24) is 9.88 Å². The van der Waals surface area contributed by atoms with Crippen molar-refractivity contribution in [2.75, 3.05) is 13.6 Å². The van der Waals surface area contributed by atoms with Crippen LogP contribution in [-0.4, -0.2) is 35.4 Å². The smallest absolute Gasteiger partial charge is 0.255 e. The second-order valence-corrected chi connectivity index (χ2v) is 4.09. The van der Waals surface area contributed by atoms with Crippen LogP contribution in [-0.2, 0) is 0 Å². The van der Waals surface area contributed by atoms with Crippen molar-refractivity contribution in [2.45, 2.75) is 26.3 Å². The van der Waals surface area contributed by atoms with E-state index in [1.807, 2.05) is 19.9 Å². The Morgan fingerprint density at radius 1 is 1.56 bits per heavy atom. The summed E-state index contributed by atoms with van der Waals surface area (Å²) >= 11 is 0. The maximum absolute atomic E-state index is 12.1. The van der Waals surface area contributed by atoms with E-state index in [0.717, 1.165) is 12.0 Å². The van der Waals surface area contributed by atoms with Crippen LogP contribution in [0.25, 0.3) is 0 Å². The molecule has 1 unspecified atom stereocenters. The molecule has 4 heteroatoms. The van der Waals surface area contributed by atoms with Gasteiger partial charge in [-0.1, -0.05) is 0 Å². The van der Waals surface area contributed by atoms with Crippen LogP contribution in [0.3, 0.4) is 0 Å². The first-order valence-electron chi connectivity index (χ1n) is 5.45. The third kappa shape index (κ3) is 3.03. The van der Waals surface area contributed by atoms with Crippen molar-refractivity contribution in [3.63, 3.8) is 0 Å². The predicted octanol–water partition coefficient (Wildman–Crippen LogP) is 1.20. The van der Waals surface area contributed by atoms with Gasteiger partial charge in [0.05, 0.1) is 5.56 Å². The fourth-order valence-corrected chi connectivity index (χ4v) is 1.51. The quantitative estimate of drug-likeness (QED) is 0.831. The van der Waals surface area contributed by atoms with Crippen LogP contribution >= 0.6 is 0 Å². The molecule has 88 valence electrons. The first kappa shape index (κ1) is 12.6. The number of rotatable bonds is 4. The van der Waals surface area contributed by atoms with E-state index in [9.17, 15) is 4.79 Å². The number of nitrogens with zero attached hydrogens (tertiary/aromatic N) is 2.